The molecule has 4 aromatic carbocycles. The lowest BCUT2D eigenvalue weighted by molar-refractivity contribution is -0.115. The van der Waals surface area contributed by atoms with Crippen LogP contribution in [0.2, 0.25) is 0 Å². The van der Waals surface area contributed by atoms with Gasteiger partial charge in [-0.1, -0.05) is 48.5 Å². The van der Waals surface area contributed by atoms with Crippen LogP contribution in [0.5, 0.6) is 0 Å². The van der Waals surface area contributed by atoms with Gasteiger partial charge in [-0.15, -0.1) is 0 Å². The van der Waals surface area contributed by atoms with E-state index in [0.717, 1.165) is 11.1 Å². The highest BCUT2D eigenvalue weighted by molar-refractivity contribution is 6.06. The summed E-state index contributed by atoms with van der Waals surface area (Å²) in [4.78, 5) is 27.2. The minimum absolute atomic E-state index is 0.0986. The van der Waals surface area contributed by atoms with E-state index in [1.807, 2.05) is 6.07 Å². The lowest BCUT2D eigenvalue weighted by Gasteiger charge is -2.23. The first kappa shape index (κ1) is 22.9. The van der Waals surface area contributed by atoms with E-state index in [9.17, 15) is 18.4 Å². The van der Waals surface area contributed by atoms with Gasteiger partial charge in [-0.05, 0) is 65.7 Å². The van der Waals surface area contributed by atoms with Gasteiger partial charge in [-0.3, -0.25) is 9.59 Å². The smallest absolute Gasteiger partial charge is 0.258 e. The second-order valence-corrected chi connectivity index (χ2v) is 7.79. The van der Waals surface area contributed by atoms with Crippen LogP contribution in [0.3, 0.4) is 0 Å². The lowest BCUT2D eigenvalue weighted by Crippen LogP contribution is -2.30. The van der Waals surface area contributed by atoms with Crippen molar-refractivity contribution in [2.75, 3.05) is 10.2 Å². The van der Waals surface area contributed by atoms with E-state index in [2.05, 4.69) is 5.32 Å². The monoisotopic (exact) mass is 456 g/mol. The van der Waals surface area contributed by atoms with Crippen molar-refractivity contribution in [1.82, 2.24) is 0 Å². The molecular weight excluding hydrogens is 434 g/mol. The maximum atomic E-state index is 13.3. The molecule has 0 spiro atoms. The van der Waals surface area contributed by atoms with E-state index in [-0.39, 0.29) is 30.6 Å². The van der Waals surface area contributed by atoms with E-state index >= 15 is 0 Å². The van der Waals surface area contributed by atoms with Gasteiger partial charge in [0.25, 0.3) is 5.91 Å². The van der Waals surface area contributed by atoms with Crippen LogP contribution in [0.25, 0.3) is 0 Å². The van der Waals surface area contributed by atoms with E-state index in [1.165, 1.54) is 30.3 Å². The topological polar surface area (TPSA) is 49.4 Å². The molecule has 0 aromatic heterocycles. The minimum atomic E-state index is -0.425. The number of amides is 2. The van der Waals surface area contributed by atoms with E-state index < -0.39 is 5.82 Å². The maximum Gasteiger partial charge on any atom is 0.258 e. The Morgan fingerprint density at radius 2 is 1.38 bits per heavy atom. The van der Waals surface area contributed by atoms with E-state index in [1.54, 1.807) is 71.6 Å². The molecule has 34 heavy (non-hydrogen) atoms. The fourth-order valence-electron chi connectivity index (χ4n) is 3.54. The molecular formula is C28H22F2N2O2. The van der Waals surface area contributed by atoms with Crippen molar-refractivity contribution in [3.8, 4) is 0 Å². The molecule has 0 unspecified atom stereocenters. The van der Waals surface area contributed by atoms with Crippen molar-refractivity contribution in [3.05, 3.63) is 131 Å². The molecule has 6 heteroatoms. The van der Waals surface area contributed by atoms with Crippen molar-refractivity contribution >= 4 is 23.2 Å². The third-order valence-electron chi connectivity index (χ3n) is 5.24. The largest absolute Gasteiger partial charge is 0.326 e. The fraction of sp³-hybridized carbons (Fsp3) is 0.0714. The van der Waals surface area contributed by atoms with E-state index in [4.69, 9.17) is 0 Å². The summed E-state index contributed by atoms with van der Waals surface area (Å²) in [5.74, 6) is -1.24. The van der Waals surface area contributed by atoms with Gasteiger partial charge in [0.05, 0.1) is 13.0 Å². The Balaban J connectivity index is 1.52. The Morgan fingerprint density at radius 3 is 2.06 bits per heavy atom. The Bertz CT molecular complexity index is 1270. The van der Waals surface area contributed by atoms with Gasteiger partial charge in [0.1, 0.15) is 11.6 Å². The number of benzene rings is 4. The average Bonchev–Trinajstić information content (AvgIpc) is 2.84. The molecule has 4 rings (SSSR count). The van der Waals surface area contributed by atoms with Crippen LogP contribution in [-0.2, 0) is 17.8 Å². The Morgan fingerprint density at radius 1 is 0.706 bits per heavy atom. The summed E-state index contributed by atoms with van der Waals surface area (Å²) < 4.78 is 26.7. The fourth-order valence-corrected chi connectivity index (χ4v) is 3.54. The quantitative estimate of drug-likeness (QED) is 0.371. The number of rotatable bonds is 7. The zero-order valence-corrected chi connectivity index (χ0v) is 18.2. The number of hydrogen-bond acceptors (Lipinski definition) is 2. The Kier molecular flexibility index (Phi) is 7.08. The molecule has 0 bridgehead atoms. The predicted octanol–water partition coefficient (Wildman–Crippen LogP) is 5.99. The highest BCUT2D eigenvalue weighted by Gasteiger charge is 2.18. The Labute approximate surface area is 196 Å². The van der Waals surface area contributed by atoms with Crippen molar-refractivity contribution in [1.29, 1.82) is 0 Å². The van der Waals surface area contributed by atoms with Crippen LogP contribution in [0.15, 0.2) is 103 Å². The summed E-state index contributed by atoms with van der Waals surface area (Å²) in [5.41, 5.74) is 3.09. The standard InChI is InChI=1S/C28H22F2N2O2/c29-23-13-9-21(10-14-23)19-32(28(34)22-5-2-1-3-6-22)26-15-11-20(12-16-26)17-27(33)31-25-8-4-7-24(30)18-25/h1-16,18H,17,19H2,(H,31,33). The van der Waals surface area contributed by atoms with Crippen molar-refractivity contribution in [3.63, 3.8) is 0 Å². The second-order valence-electron chi connectivity index (χ2n) is 7.79. The number of carbonyl (C=O) groups excluding carboxylic acids is 2. The summed E-state index contributed by atoms with van der Waals surface area (Å²) >= 11 is 0. The summed E-state index contributed by atoms with van der Waals surface area (Å²) in [6.07, 6.45) is 0.0986. The SMILES string of the molecule is O=C(Cc1ccc(N(Cc2ccc(F)cc2)C(=O)c2ccccc2)cc1)Nc1cccc(F)c1. The summed E-state index contributed by atoms with van der Waals surface area (Å²) in [6.45, 7) is 0.257. The first-order chi connectivity index (χ1) is 16.5. The van der Waals surface area contributed by atoms with Crippen LogP contribution in [0, 0.1) is 11.6 Å². The van der Waals surface area contributed by atoms with Gasteiger partial charge >= 0.3 is 0 Å². The first-order valence-corrected chi connectivity index (χ1v) is 10.7. The number of hydrogen-bond donors (Lipinski definition) is 1. The molecule has 0 saturated carbocycles. The molecule has 0 saturated heterocycles. The lowest BCUT2D eigenvalue weighted by atomic mass is 10.1. The van der Waals surface area contributed by atoms with Crippen molar-refractivity contribution < 1.29 is 18.4 Å². The molecule has 2 amide bonds. The molecule has 0 aliphatic rings. The number of nitrogens with zero attached hydrogens (tertiary/aromatic N) is 1. The minimum Gasteiger partial charge on any atom is -0.326 e. The van der Waals surface area contributed by atoms with Crippen LogP contribution in [0.1, 0.15) is 21.5 Å². The summed E-state index contributed by atoms with van der Waals surface area (Å²) in [6, 6.07) is 27.7. The molecule has 0 atom stereocenters. The molecule has 0 fully saturated rings. The zero-order chi connectivity index (χ0) is 23.9. The number of carbonyl (C=O) groups is 2. The van der Waals surface area contributed by atoms with Gasteiger partial charge in [0, 0.05) is 16.9 Å². The van der Waals surface area contributed by atoms with Crippen LogP contribution >= 0.6 is 0 Å². The van der Waals surface area contributed by atoms with Crippen molar-refractivity contribution in [2.45, 2.75) is 13.0 Å². The van der Waals surface area contributed by atoms with Gasteiger partial charge in [-0.25, -0.2) is 8.78 Å². The molecule has 0 aliphatic carbocycles. The molecule has 0 aliphatic heterocycles. The van der Waals surface area contributed by atoms with E-state index in [0.29, 0.717) is 16.9 Å². The van der Waals surface area contributed by atoms with Crippen molar-refractivity contribution in [2.24, 2.45) is 0 Å². The van der Waals surface area contributed by atoms with Crippen LogP contribution < -0.4 is 10.2 Å². The van der Waals surface area contributed by atoms with Gasteiger partial charge in [-0.2, -0.15) is 0 Å². The number of halogens is 2. The number of anilines is 2. The highest BCUT2D eigenvalue weighted by atomic mass is 19.1. The molecule has 0 heterocycles. The molecule has 0 radical (unpaired) electrons. The third-order valence-corrected chi connectivity index (χ3v) is 5.24. The second kappa shape index (κ2) is 10.5. The molecule has 170 valence electrons. The molecule has 4 nitrogen and oxygen atoms in total. The predicted molar refractivity (Wildman–Crippen MR) is 129 cm³/mol. The zero-order valence-electron chi connectivity index (χ0n) is 18.2. The van der Waals surface area contributed by atoms with Gasteiger partial charge in [0.15, 0.2) is 0 Å². The van der Waals surface area contributed by atoms with Crippen LogP contribution in [0.4, 0.5) is 20.2 Å². The average molecular weight is 456 g/mol. The molecule has 4 aromatic rings. The summed E-state index contributed by atoms with van der Waals surface area (Å²) in [5, 5.41) is 2.67. The highest BCUT2D eigenvalue weighted by Crippen LogP contribution is 2.22. The molecule has 1 N–H and O–H groups in total. The van der Waals surface area contributed by atoms with Gasteiger partial charge in [0.2, 0.25) is 5.91 Å². The normalized spacial score (nSPS) is 10.5. The first-order valence-electron chi connectivity index (χ1n) is 10.7. The Hall–Kier alpha value is -4.32. The number of nitrogens with one attached hydrogen (secondary N) is 1. The van der Waals surface area contributed by atoms with Crippen LogP contribution in [-0.4, -0.2) is 11.8 Å². The third kappa shape index (κ3) is 5.92. The summed E-state index contributed by atoms with van der Waals surface area (Å²) in [7, 11) is 0. The van der Waals surface area contributed by atoms with Gasteiger partial charge < -0.3 is 10.2 Å². The maximum absolute atomic E-state index is 13.3.